The average Bonchev–Trinajstić information content (AvgIpc) is 3.53. The molecular weight excluding hydrogens is 493 g/mol. The van der Waals surface area contributed by atoms with Crippen LogP contribution >= 0.6 is 12.4 Å². The summed E-state index contributed by atoms with van der Waals surface area (Å²) in [4.78, 5) is 50.5. The van der Waals surface area contributed by atoms with Crippen LogP contribution in [0.5, 0.6) is 0 Å². The summed E-state index contributed by atoms with van der Waals surface area (Å²) >= 11 is 0. The lowest BCUT2D eigenvalue weighted by Gasteiger charge is -2.24. The lowest BCUT2D eigenvalue weighted by atomic mass is 10.0. The molecule has 36 heavy (non-hydrogen) atoms. The van der Waals surface area contributed by atoms with E-state index in [0.29, 0.717) is 36.3 Å². The number of pyridine rings is 2. The van der Waals surface area contributed by atoms with Gasteiger partial charge in [-0.05, 0) is 63.1 Å². The van der Waals surface area contributed by atoms with Gasteiger partial charge in [-0.1, -0.05) is 0 Å². The quantitative estimate of drug-likeness (QED) is 0.427. The Bertz CT molecular complexity index is 1280. The Hall–Kier alpha value is -3.18. The molecule has 1 aliphatic carbocycles. The number of aryl methyl sites for hydroxylation is 1. The van der Waals surface area contributed by atoms with Crippen LogP contribution < -0.4 is 26.8 Å². The number of halogens is 2. The minimum absolute atomic E-state index is 0. The van der Waals surface area contributed by atoms with Crippen LogP contribution in [0.4, 0.5) is 10.1 Å². The first kappa shape index (κ1) is 27.4. The van der Waals surface area contributed by atoms with Crippen LogP contribution in [0, 0.1) is 12.7 Å². The van der Waals surface area contributed by atoms with Crippen LogP contribution in [0.15, 0.2) is 17.1 Å². The summed E-state index contributed by atoms with van der Waals surface area (Å²) in [7, 11) is 0. The normalized spacial score (nSPS) is 18.9. The van der Waals surface area contributed by atoms with Crippen molar-refractivity contribution in [2.45, 2.75) is 64.1 Å². The zero-order valence-electron chi connectivity index (χ0n) is 20.3. The maximum atomic E-state index is 15.3. The van der Waals surface area contributed by atoms with Gasteiger partial charge < -0.3 is 26.4 Å². The zero-order valence-corrected chi connectivity index (χ0v) is 21.2. The Morgan fingerprint density at radius 3 is 2.44 bits per heavy atom. The first-order valence-corrected chi connectivity index (χ1v) is 11.7. The van der Waals surface area contributed by atoms with Gasteiger partial charge in [-0.15, -0.1) is 12.4 Å². The fourth-order valence-electron chi connectivity index (χ4n) is 4.71. The van der Waals surface area contributed by atoms with Crippen molar-refractivity contribution in [1.82, 2.24) is 15.0 Å². The third kappa shape index (κ3) is 5.17. The third-order valence-electron chi connectivity index (χ3n) is 6.71. The average molecular weight is 524 g/mol. The van der Waals surface area contributed by atoms with Crippen molar-refractivity contribution in [1.29, 1.82) is 0 Å². The molecule has 10 nitrogen and oxygen atoms in total. The highest BCUT2D eigenvalue weighted by Crippen LogP contribution is 2.44. The van der Waals surface area contributed by atoms with Crippen LogP contribution in [0.25, 0.3) is 5.52 Å². The predicted octanol–water partition coefficient (Wildman–Crippen LogP) is 1.29. The number of nitrogens with two attached hydrogens (primary N) is 1. The van der Waals surface area contributed by atoms with Crippen molar-refractivity contribution in [3.8, 4) is 0 Å². The van der Waals surface area contributed by atoms with E-state index in [4.69, 9.17) is 5.73 Å². The predicted molar refractivity (Wildman–Crippen MR) is 135 cm³/mol. The standard InChI is InChI=1S/C24H30FN5O5.ClH/c1-11-19-16(14-4-5-14)8-17(24(34)35)23(33)30(19)10-18(25)20(11)29-7-6-15(9-29)28-22(32)13(3)27-21(31)12(2)26;/h8,10,12-15H,4-7,9,26H2,1-3H3,(H,27,31)(H,28,32)(H,34,35);1H/t12-,13-,15?;/m0./s1. The summed E-state index contributed by atoms with van der Waals surface area (Å²) in [5.74, 6) is -2.62. The summed E-state index contributed by atoms with van der Waals surface area (Å²) in [5, 5.41) is 14.9. The molecule has 0 bridgehead atoms. The largest absolute Gasteiger partial charge is 0.477 e. The van der Waals surface area contributed by atoms with Crippen molar-refractivity contribution < 1.29 is 23.9 Å². The topological polar surface area (TPSA) is 146 Å². The number of aromatic carboxylic acids is 1. The maximum absolute atomic E-state index is 15.3. The minimum atomic E-state index is -1.34. The van der Waals surface area contributed by atoms with E-state index in [1.54, 1.807) is 13.8 Å². The monoisotopic (exact) mass is 523 g/mol. The summed E-state index contributed by atoms with van der Waals surface area (Å²) in [5.41, 5.74) is 6.57. The van der Waals surface area contributed by atoms with E-state index in [0.717, 1.165) is 29.0 Å². The van der Waals surface area contributed by atoms with E-state index < -0.39 is 35.3 Å². The van der Waals surface area contributed by atoms with Crippen molar-refractivity contribution in [2.75, 3.05) is 18.0 Å². The molecule has 2 fully saturated rings. The molecule has 1 unspecified atom stereocenters. The van der Waals surface area contributed by atoms with Gasteiger partial charge in [-0.3, -0.25) is 18.8 Å². The molecule has 2 aliphatic rings. The van der Waals surface area contributed by atoms with Crippen LogP contribution in [-0.4, -0.2) is 58.5 Å². The first-order valence-electron chi connectivity index (χ1n) is 11.7. The molecule has 0 spiro atoms. The second kappa shape index (κ2) is 10.4. The van der Waals surface area contributed by atoms with Gasteiger partial charge in [0.05, 0.1) is 23.4 Å². The first-order chi connectivity index (χ1) is 16.5. The number of hydrogen-bond acceptors (Lipinski definition) is 6. The summed E-state index contributed by atoms with van der Waals surface area (Å²) in [6.07, 6.45) is 3.41. The Morgan fingerprint density at radius 2 is 1.86 bits per heavy atom. The van der Waals surface area contributed by atoms with E-state index >= 15 is 4.39 Å². The molecule has 5 N–H and O–H groups in total. The highest BCUT2D eigenvalue weighted by molar-refractivity contribution is 5.90. The Balaban J connectivity index is 0.00000361. The van der Waals surface area contributed by atoms with E-state index in [9.17, 15) is 24.3 Å². The molecule has 3 atom stereocenters. The van der Waals surface area contributed by atoms with E-state index in [-0.39, 0.29) is 35.8 Å². The summed E-state index contributed by atoms with van der Waals surface area (Å²) in [6.45, 7) is 5.66. The Labute approximate surface area is 213 Å². The molecule has 1 saturated carbocycles. The fraction of sp³-hybridized carbons (Fsp3) is 0.500. The van der Waals surface area contributed by atoms with Crippen molar-refractivity contribution in [3.05, 3.63) is 45.1 Å². The number of aromatic nitrogens is 1. The van der Waals surface area contributed by atoms with Crippen LogP contribution in [-0.2, 0) is 9.59 Å². The molecule has 4 rings (SSSR count). The second-order valence-corrected chi connectivity index (χ2v) is 9.53. The Morgan fingerprint density at radius 1 is 1.19 bits per heavy atom. The van der Waals surface area contributed by atoms with Crippen molar-refractivity contribution in [2.24, 2.45) is 5.73 Å². The van der Waals surface area contributed by atoms with E-state index in [2.05, 4.69) is 10.6 Å². The number of rotatable bonds is 7. The van der Waals surface area contributed by atoms with Gasteiger partial charge >= 0.3 is 5.97 Å². The van der Waals surface area contributed by atoms with Crippen LogP contribution in [0.1, 0.15) is 60.5 Å². The van der Waals surface area contributed by atoms with Gasteiger partial charge in [0.25, 0.3) is 5.56 Å². The highest BCUT2D eigenvalue weighted by Gasteiger charge is 2.33. The lowest BCUT2D eigenvalue weighted by Crippen LogP contribution is -2.51. The SMILES string of the molecule is Cc1c(N2CCC(NC(=O)[C@H](C)NC(=O)[C@H](C)N)C2)c(F)cn2c(=O)c(C(=O)O)cc(C3CC3)c12.Cl. The molecule has 12 heteroatoms. The number of nitrogens with one attached hydrogen (secondary N) is 2. The molecule has 196 valence electrons. The smallest absolute Gasteiger partial charge is 0.341 e. The fourth-order valence-corrected chi connectivity index (χ4v) is 4.71. The molecule has 1 aliphatic heterocycles. The van der Waals surface area contributed by atoms with Gasteiger partial charge in [0.1, 0.15) is 11.6 Å². The second-order valence-electron chi connectivity index (χ2n) is 9.53. The lowest BCUT2D eigenvalue weighted by molar-refractivity contribution is -0.129. The van der Waals surface area contributed by atoms with Gasteiger partial charge in [0.2, 0.25) is 11.8 Å². The number of hydrogen-bond donors (Lipinski definition) is 4. The van der Waals surface area contributed by atoms with Gasteiger partial charge in [0.15, 0.2) is 5.82 Å². The Kier molecular flexibility index (Phi) is 7.94. The molecule has 3 heterocycles. The number of carbonyl (C=O) groups is 3. The summed E-state index contributed by atoms with van der Waals surface area (Å²) < 4.78 is 16.4. The van der Waals surface area contributed by atoms with Crippen LogP contribution in [0.2, 0.25) is 0 Å². The number of amides is 2. The summed E-state index contributed by atoms with van der Waals surface area (Å²) in [6, 6.07) is -0.326. The number of nitrogens with zero attached hydrogens (tertiary/aromatic N) is 2. The van der Waals surface area contributed by atoms with E-state index in [1.807, 2.05) is 4.90 Å². The molecule has 2 amide bonds. The zero-order chi connectivity index (χ0) is 25.6. The van der Waals surface area contributed by atoms with E-state index in [1.165, 1.54) is 13.0 Å². The number of carboxylic acids is 1. The molecule has 0 aromatic carbocycles. The number of fused-ring (bicyclic) bond motifs is 1. The van der Waals surface area contributed by atoms with Crippen molar-refractivity contribution >= 4 is 41.4 Å². The maximum Gasteiger partial charge on any atom is 0.341 e. The number of carboxylic acid groups (broad SMARTS) is 1. The highest BCUT2D eigenvalue weighted by atomic mass is 35.5. The van der Waals surface area contributed by atoms with Crippen molar-refractivity contribution in [3.63, 3.8) is 0 Å². The third-order valence-corrected chi connectivity index (χ3v) is 6.71. The van der Waals surface area contributed by atoms with Gasteiger partial charge in [0, 0.05) is 19.1 Å². The van der Waals surface area contributed by atoms with Gasteiger partial charge in [-0.2, -0.15) is 0 Å². The molecule has 2 aromatic heterocycles. The molecule has 1 saturated heterocycles. The molecular formula is C24H31ClFN5O5. The van der Waals surface area contributed by atoms with Crippen LogP contribution in [0.3, 0.4) is 0 Å². The molecule has 2 aromatic rings. The molecule has 0 radical (unpaired) electrons. The number of anilines is 1. The minimum Gasteiger partial charge on any atom is -0.477 e. The van der Waals surface area contributed by atoms with Gasteiger partial charge in [-0.25, -0.2) is 9.18 Å². The number of carbonyl (C=O) groups excluding carboxylic acids is 2.